The van der Waals surface area contributed by atoms with Crippen molar-refractivity contribution < 1.29 is 18.7 Å². The molecule has 0 bridgehead atoms. The second-order valence-corrected chi connectivity index (χ2v) is 7.74. The van der Waals surface area contributed by atoms with Gasteiger partial charge in [-0.3, -0.25) is 9.59 Å². The molecule has 28 heavy (non-hydrogen) atoms. The van der Waals surface area contributed by atoms with Crippen LogP contribution in [-0.4, -0.2) is 71.1 Å². The predicted octanol–water partition coefficient (Wildman–Crippen LogP) is 1.05. The topological polar surface area (TPSA) is 80.8 Å². The second kappa shape index (κ2) is 7.43. The van der Waals surface area contributed by atoms with Crippen molar-refractivity contribution in [3.05, 3.63) is 42.4 Å². The van der Waals surface area contributed by atoms with Crippen molar-refractivity contribution in [3.63, 3.8) is 0 Å². The van der Waals surface area contributed by atoms with Crippen molar-refractivity contribution in [3.8, 4) is 0 Å². The van der Waals surface area contributed by atoms with Gasteiger partial charge in [-0.05, 0) is 18.6 Å². The highest BCUT2D eigenvalue weighted by molar-refractivity contribution is 5.88. The number of carbonyl (C=O) groups is 2. The maximum absolute atomic E-state index is 13.4. The summed E-state index contributed by atoms with van der Waals surface area (Å²) >= 11 is 0. The number of aryl methyl sites for hydroxylation is 1. The monoisotopic (exact) mass is 386 g/mol. The Morgan fingerprint density at radius 1 is 1.46 bits per heavy atom. The smallest absolute Gasteiger partial charge is 0.231 e. The molecule has 0 N–H and O–H groups in total. The van der Waals surface area contributed by atoms with E-state index in [4.69, 9.17) is 9.15 Å². The Hall–Kier alpha value is -2.61. The molecule has 0 aromatic carbocycles. The van der Waals surface area contributed by atoms with Crippen molar-refractivity contribution in [2.75, 3.05) is 39.9 Å². The summed E-state index contributed by atoms with van der Waals surface area (Å²) in [5.74, 6) is 0.624. The van der Waals surface area contributed by atoms with Crippen LogP contribution >= 0.6 is 0 Å². The molecule has 8 heteroatoms. The highest BCUT2D eigenvalue weighted by Crippen LogP contribution is 2.49. The fourth-order valence-electron chi connectivity index (χ4n) is 4.51. The predicted molar refractivity (Wildman–Crippen MR) is 100 cm³/mol. The number of hydrogen-bond donors (Lipinski definition) is 0. The molecule has 1 spiro atoms. The molecular weight excluding hydrogens is 360 g/mol. The minimum atomic E-state index is -0.610. The number of imidazole rings is 1. The number of amides is 2. The molecule has 4 heterocycles. The second-order valence-electron chi connectivity index (χ2n) is 7.74. The third-order valence-electron chi connectivity index (χ3n) is 5.99. The summed E-state index contributed by atoms with van der Waals surface area (Å²) in [6.07, 6.45) is 6.20. The summed E-state index contributed by atoms with van der Waals surface area (Å²) in [6.45, 7) is 2.70. The van der Waals surface area contributed by atoms with Crippen LogP contribution < -0.4 is 0 Å². The first-order chi connectivity index (χ1) is 13.5. The SMILES string of the molecule is COCCN1CC[C@]2(CN(C(=O)Cc3ccco3)C[C@@H]2c2cn(C)cn2)C1=O. The van der Waals surface area contributed by atoms with Crippen LogP contribution in [0.25, 0.3) is 0 Å². The van der Waals surface area contributed by atoms with Gasteiger partial charge in [-0.1, -0.05) is 0 Å². The lowest BCUT2D eigenvalue weighted by Crippen LogP contribution is -2.41. The van der Waals surface area contributed by atoms with Crippen LogP contribution in [0.4, 0.5) is 0 Å². The van der Waals surface area contributed by atoms with E-state index in [0.29, 0.717) is 38.5 Å². The van der Waals surface area contributed by atoms with E-state index in [1.54, 1.807) is 36.7 Å². The maximum atomic E-state index is 13.4. The van der Waals surface area contributed by atoms with Crippen LogP contribution in [0.5, 0.6) is 0 Å². The molecule has 2 fully saturated rings. The van der Waals surface area contributed by atoms with Gasteiger partial charge in [0.15, 0.2) is 0 Å². The van der Waals surface area contributed by atoms with Crippen molar-refractivity contribution >= 4 is 11.8 Å². The van der Waals surface area contributed by atoms with E-state index in [1.807, 2.05) is 22.7 Å². The molecule has 2 aromatic rings. The fraction of sp³-hybridized carbons (Fsp3) is 0.550. The van der Waals surface area contributed by atoms with Gasteiger partial charge >= 0.3 is 0 Å². The minimum absolute atomic E-state index is 0.0177. The first kappa shape index (κ1) is 18.7. The number of carbonyl (C=O) groups excluding carboxylic acids is 2. The van der Waals surface area contributed by atoms with Gasteiger partial charge in [0.25, 0.3) is 0 Å². The van der Waals surface area contributed by atoms with Gasteiger partial charge in [-0.15, -0.1) is 0 Å². The van der Waals surface area contributed by atoms with Gasteiger partial charge in [0.05, 0.1) is 36.7 Å². The first-order valence-corrected chi connectivity index (χ1v) is 9.60. The number of nitrogens with zero attached hydrogens (tertiary/aromatic N) is 4. The summed E-state index contributed by atoms with van der Waals surface area (Å²) in [6, 6.07) is 3.58. The number of methoxy groups -OCH3 is 1. The lowest BCUT2D eigenvalue weighted by Gasteiger charge is -2.27. The zero-order valence-electron chi connectivity index (χ0n) is 16.3. The Morgan fingerprint density at radius 2 is 2.32 bits per heavy atom. The summed E-state index contributed by atoms with van der Waals surface area (Å²) < 4.78 is 12.4. The van der Waals surface area contributed by atoms with E-state index in [0.717, 1.165) is 12.1 Å². The zero-order valence-corrected chi connectivity index (χ0v) is 16.3. The van der Waals surface area contributed by atoms with Gasteiger partial charge in [-0.2, -0.15) is 0 Å². The molecule has 0 aliphatic carbocycles. The number of ether oxygens (including phenoxy) is 1. The van der Waals surface area contributed by atoms with E-state index < -0.39 is 5.41 Å². The summed E-state index contributed by atoms with van der Waals surface area (Å²) in [5.41, 5.74) is 0.263. The first-order valence-electron chi connectivity index (χ1n) is 9.60. The average Bonchev–Trinajstić information content (AvgIpc) is 3.45. The molecule has 2 aliphatic rings. The quantitative estimate of drug-likeness (QED) is 0.741. The van der Waals surface area contributed by atoms with Gasteiger partial charge in [-0.25, -0.2) is 4.98 Å². The summed E-state index contributed by atoms with van der Waals surface area (Å²) in [4.78, 5) is 34.5. The van der Waals surface area contributed by atoms with Gasteiger partial charge in [0.2, 0.25) is 11.8 Å². The lowest BCUT2D eigenvalue weighted by atomic mass is 9.75. The molecule has 150 valence electrons. The van der Waals surface area contributed by atoms with E-state index >= 15 is 0 Å². The van der Waals surface area contributed by atoms with Gasteiger partial charge < -0.3 is 23.5 Å². The van der Waals surface area contributed by atoms with E-state index in [-0.39, 0.29) is 24.2 Å². The third-order valence-corrected chi connectivity index (χ3v) is 5.99. The fourth-order valence-corrected chi connectivity index (χ4v) is 4.51. The molecule has 4 rings (SSSR count). The van der Waals surface area contributed by atoms with E-state index in [9.17, 15) is 9.59 Å². The molecule has 2 atom stereocenters. The average molecular weight is 386 g/mol. The molecule has 2 aliphatic heterocycles. The molecule has 8 nitrogen and oxygen atoms in total. The van der Waals surface area contributed by atoms with Crippen LogP contribution in [0.3, 0.4) is 0 Å². The summed E-state index contributed by atoms with van der Waals surface area (Å²) in [7, 11) is 3.55. The molecular formula is C20H26N4O4. The molecule has 0 unspecified atom stereocenters. The minimum Gasteiger partial charge on any atom is -0.469 e. The van der Waals surface area contributed by atoms with Gasteiger partial charge in [0, 0.05) is 52.5 Å². The van der Waals surface area contributed by atoms with Crippen LogP contribution in [0, 0.1) is 5.41 Å². The number of furan rings is 1. The highest BCUT2D eigenvalue weighted by Gasteiger charge is 2.58. The standard InChI is InChI=1S/C20H26N4O4/c1-22-12-17(21-14-22)16-11-24(18(25)10-15-4-3-8-28-15)13-20(16)5-6-23(19(20)26)7-9-27-2/h3-4,8,12,14,16H,5-7,9-11,13H2,1-2H3/t16-,20-/m1/s1. The zero-order chi connectivity index (χ0) is 19.7. The van der Waals surface area contributed by atoms with Gasteiger partial charge in [0.1, 0.15) is 5.76 Å². The van der Waals surface area contributed by atoms with Crippen LogP contribution in [0.1, 0.15) is 23.8 Å². The Morgan fingerprint density at radius 3 is 3.00 bits per heavy atom. The molecule has 0 saturated carbocycles. The largest absolute Gasteiger partial charge is 0.469 e. The van der Waals surface area contributed by atoms with Crippen molar-refractivity contribution in [2.45, 2.75) is 18.8 Å². The number of hydrogen-bond acceptors (Lipinski definition) is 5. The Bertz CT molecular complexity index is 846. The number of aromatic nitrogens is 2. The van der Waals surface area contributed by atoms with Crippen molar-refractivity contribution in [1.82, 2.24) is 19.4 Å². The van der Waals surface area contributed by atoms with Crippen molar-refractivity contribution in [1.29, 1.82) is 0 Å². The third kappa shape index (κ3) is 3.22. The van der Waals surface area contributed by atoms with Crippen molar-refractivity contribution in [2.24, 2.45) is 12.5 Å². The Kier molecular flexibility index (Phi) is 4.97. The van der Waals surface area contributed by atoms with Crippen LogP contribution in [0.2, 0.25) is 0 Å². The molecule has 0 radical (unpaired) electrons. The molecule has 2 amide bonds. The summed E-state index contributed by atoms with van der Waals surface area (Å²) in [5, 5.41) is 0. The van der Waals surface area contributed by atoms with E-state index in [2.05, 4.69) is 4.98 Å². The normalized spacial score (nSPS) is 24.6. The Balaban J connectivity index is 1.59. The molecule has 2 aromatic heterocycles. The highest BCUT2D eigenvalue weighted by atomic mass is 16.5. The maximum Gasteiger partial charge on any atom is 0.231 e. The Labute approximate surface area is 164 Å². The van der Waals surface area contributed by atoms with E-state index in [1.165, 1.54) is 0 Å². The lowest BCUT2D eigenvalue weighted by molar-refractivity contribution is -0.137. The van der Waals surface area contributed by atoms with Crippen LogP contribution in [-0.2, 0) is 27.8 Å². The number of likely N-dealkylation sites (tertiary alicyclic amines) is 2. The molecule has 2 saturated heterocycles. The van der Waals surface area contributed by atoms with Crippen LogP contribution in [0.15, 0.2) is 35.3 Å². The number of rotatable bonds is 6.